The summed E-state index contributed by atoms with van der Waals surface area (Å²) in [6.07, 6.45) is 6.86. The van der Waals surface area contributed by atoms with E-state index in [9.17, 15) is 0 Å². The highest BCUT2D eigenvalue weighted by molar-refractivity contribution is 5.23. The average Bonchev–Trinajstić information content (AvgIpc) is 3.35. The van der Waals surface area contributed by atoms with Crippen LogP contribution in [0.5, 0.6) is 0 Å². The zero-order chi connectivity index (χ0) is 14.7. The number of hydrogen-bond donors (Lipinski definition) is 1. The summed E-state index contributed by atoms with van der Waals surface area (Å²) in [5.41, 5.74) is 2.93. The molecule has 2 nitrogen and oxygen atoms in total. The van der Waals surface area contributed by atoms with Crippen molar-refractivity contribution in [2.24, 2.45) is 5.92 Å². The van der Waals surface area contributed by atoms with Crippen LogP contribution in [0.2, 0.25) is 0 Å². The maximum atomic E-state index is 3.62. The summed E-state index contributed by atoms with van der Waals surface area (Å²) >= 11 is 0. The van der Waals surface area contributed by atoms with E-state index in [0.717, 1.165) is 31.1 Å². The van der Waals surface area contributed by atoms with Crippen molar-refractivity contribution < 1.29 is 0 Å². The number of hydrogen-bond acceptors (Lipinski definition) is 2. The second kappa shape index (κ2) is 6.93. The summed E-state index contributed by atoms with van der Waals surface area (Å²) < 4.78 is 0. The van der Waals surface area contributed by atoms with Gasteiger partial charge in [-0.1, -0.05) is 38.1 Å². The molecule has 0 radical (unpaired) electrons. The van der Waals surface area contributed by atoms with Gasteiger partial charge in [-0.25, -0.2) is 0 Å². The first-order valence-corrected chi connectivity index (χ1v) is 8.76. The maximum Gasteiger partial charge on any atom is 0.0236 e. The molecule has 0 aliphatic heterocycles. The van der Waals surface area contributed by atoms with Crippen molar-refractivity contribution in [2.45, 2.75) is 71.1 Å². The molecule has 2 fully saturated rings. The summed E-state index contributed by atoms with van der Waals surface area (Å²) in [6, 6.07) is 10.8. The van der Waals surface area contributed by atoms with E-state index >= 15 is 0 Å². The minimum absolute atomic E-state index is 0.794. The van der Waals surface area contributed by atoms with Gasteiger partial charge in [-0.15, -0.1) is 0 Å². The molecule has 1 N–H and O–H groups in total. The molecule has 0 atom stereocenters. The molecule has 116 valence electrons. The Bertz CT molecular complexity index is 447. The van der Waals surface area contributed by atoms with E-state index in [4.69, 9.17) is 0 Å². The van der Waals surface area contributed by atoms with Crippen LogP contribution in [0.4, 0.5) is 0 Å². The summed E-state index contributed by atoms with van der Waals surface area (Å²) in [4.78, 5) is 2.70. The molecular formula is C19H30N2. The van der Waals surface area contributed by atoms with Crippen LogP contribution in [-0.2, 0) is 13.1 Å². The highest BCUT2D eigenvalue weighted by atomic mass is 15.2. The van der Waals surface area contributed by atoms with E-state index in [0.29, 0.717) is 0 Å². The number of benzene rings is 1. The van der Waals surface area contributed by atoms with Crippen molar-refractivity contribution in [3.8, 4) is 0 Å². The Labute approximate surface area is 129 Å². The fourth-order valence-electron chi connectivity index (χ4n) is 2.88. The van der Waals surface area contributed by atoms with Crippen LogP contribution in [0, 0.1) is 5.92 Å². The first-order chi connectivity index (χ1) is 10.2. The Kier molecular flexibility index (Phi) is 4.97. The lowest BCUT2D eigenvalue weighted by Crippen LogP contribution is -2.27. The standard InChI is InChI=1S/C19H30N2/c1-15(2)10-11-21(19-8-9-19)14-17-5-3-4-16(12-17)13-20-18-6-7-18/h3-5,12,15,18-20H,6-11,13-14H2,1-2H3. The van der Waals surface area contributed by atoms with Gasteiger partial charge in [-0.2, -0.15) is 0 Å². The van der Waals surface area contributed by atoms with Crippen molar-refractivity contribution in [1.82, 2.24) is 10.2 Å². The van der Waals surface area contributed by atoms with Crippen LogP contribution in [0.1, 0.15) is 57.1 Å². The number of rotatable bonds is 9. The molecule has 21 heavy (non-hydrogen) atoms. The lowest BCUT2D eigenvalue weighted by Gasteiger charge is -2.23. The molecule has 1 aromatic rings. The SMILES string of the molecule is CC(C)CCN(Cc1cccc(CNC2CC2)c1)C1CC1. The molecule has 0 bridgehead atoms. The van der Waals surface area contributed by atoms with Gasteiger partial charge in [0.05, 0.1) is 0 Å². The van der Waals surface area contributed by atoms with Crippen molar-refractivity contribution in [1.29, 1.82) is 0 Å². The molecule has 2 aliphatic rings. The van der Waals surface area contributed by atoms with Crippen molar-refractivity contribution in [3.05, 3.63) is 35.4 Å². The van der Waals surface area contributed by atoms with Crippen molar-refractivity contribution in [2.75, 3.05) is 6.54 Å². The minimum atomic E-state index is 0.794. The third-order valence-electron chi connectivity index (χ3n) is 4.61. The van der Waals surface area contributed by atoms with Crippen LogP contribution >= 0.6 is 0 Å². The second-order valence-corrected chi connectivity index (χ2v) is 7.36. The minimum Gasteiger partial charge on any atom is -0.310 e. The molecule has 0 heterocycles. The molecule has 0 unspecified atom stereocenters. The number of nitrogens with one attached hydrogen (secondary N) is 1. The molecule has 1 aromatic carbocycles. The van der Waals surface area contributed by atoms with Crippen LogP contribution in [0.25, 0.3) is 0 Å². The first-order valence-electron chi connectivity index (χ1n) is 8.76. The van der Waals surface area contributed by atoms with Gasteiger partial charge in [0.2, 0.25) is 0 Å². The average molecular weight is 286 g/mol. The van der Waals surface area contributed by atoms with Gasteiger partial charge in [0, 0.05) is 25.2 Å². The maximum absolute atomic E-state index is 3.62. The van der Waals surface area contributed by atoms with E-state index in [1.807, 2.05) is 0 Å². The highest BCUT2D eigenvalue weighted by Crippen LogP contribution is 2.29. The van der Waals surface area contributed by atoms with E-state index in [-0.39, 0.29) is 0 Å². The van der Waals surface area contributed by atoms with E-state index < -0.39 is 0 Å². The Morgan fingerprint density at radius 3 is 2.57 bits per heavy atom. The Balaban J connectivity index is 1.54. The molecular weight excluding hydrogens is 256 g/mol. The van der Waals surface area contributed by atoms with Gasteiger partial charge in [0.25, 0.3) is 0 Å². The second-order valence-electron chi connectivity index (χ2n) is 7.36. The molecule has 2 aliphatic carbocycles. The Hall–Kier alpha value is -0.860. The first kappa shape index (κ1) is 15.1. The zero-order valence-corrected chi connectivity index (χ0v) is 13.6. The molecule has 0 aromatic heterocycles. The summed E-state index contributed by atoms with van der Waals surface area (Å²) in [5, 5.41) is 3.62. The van der Waals surface area contributed by atoms with Crippen LogP contribution in [-0.4, -0.2) is 23.5 Å². The fourth-order valence-corrected chi connectivity index (χ4v) is 2.88. The molecule has 0 saturated heterocycles. The predicted octanol–water partition coefficient (Wildman–Crippen LogP) is 3.95. The molecule has 2 heteroatoms. The zero-order valence-electron chi connectivity index (χ0n) is 13.6. The van der Waals surface area contributed by atoms with Gasteiger partial charge in [0.1, 0.15) is 0 Å². The lowest BCUT2D eigenvalue weighted by molar-refractivity contribution is 0.239. The fraction of sp³-hybridized carbons (Fsp3) is 0.684. The van der Waals surface area contributed by atoms with Gasteiger partial charge < -0.3 is 5.32 Å². The van der Waals surface area contributed by atoms with Gasteiger partial charge in [0.15, 0.2) is 0 Å². The summed E-state index contributed by atoms with van der Waals surface area (Å²) in [7, 11) is 0. The van der Waals surface area contributed by atoms with Crippen LogP contribution < -0.4 is 5.32 Å². The third kappa shape index (κ3) is 5.12. The van der Waals surface area contributed by atoms with E-state index in [1.54, 1.807) is 0 Å². The summed E-state index contributed by atoms with van der Waals surface area (Å²) in [6.45, 7) is 8.08. The highest BCUT2D eigenvalue weighted by Gasteiger charge is 2.28. The van der Waals surface area contributed by atoms with Crippen LogP contribution in [0.3, 0.4) is 0 Å². The van der Waals surface area contributed by atoms with Gasteiger partial charge in [-0.05, 0) is 55.7 Å². The van der Waals surface area contributed by atoms with Crippen molar-refractivity contribution in [3.63, 3.8) is 0 Å². The number of nitrogens with zero attached hydrogens (tertiary/aromatic N) is 1. The summed E-state index contributed by atoms with van der Waals surface area (Å²) in [5.74, 6) is 0.806. The topological polar surface area (TPSA) is 15.3 Å². The molecule has 0 spiro atoms. The van der Waals surface area contributed by atoms with Crippen molar-refractivity contribution >= 4 is 0 Å². The van der Waals surface area contributed by atoms with Crippen LogP contribution in [0.15, 0.2) is 24.3 Å². The van der Waals surface area contributed by atoms with E-state index in [1.165, 1.54) is 49.8 Å². The van der Waals surface area contributed by atoms with E-state index in [2.05, 4.69) is 48.3 Å². The normalized spacial score (nSPS) is 18.7. The third-order valence-corrected chi connectivity index (χ3v) is 4.61. The largest absolute Gasteiger partial charge is 0.310 e. The Morgan fingerprint density at radius 1 is 1.14 bits per heavy atom. The Morgan fingerprint density at radius 2 is 1.90 bits per heavy atom. The lowest BCUT2D eigenvalue weighted by atomic mass is 10.1. The smallest absolute Gasteiger partial charge is 0.0236 e. The molecule has 2 saturated carbocycles. The predicted molar refractivity (Wildman–Crippen MR) is 89.2 cm³/mol. The molecule has 3 rings (SSSR count). The van der Waals surface area contributed by atoms with Gasteiger partial charge >= 0.3 is 0 Å². The molecule has 0 amide bonds. The van der Waals surface area contributed by atoms with Gasteiger partial charge in [-0.3, -0.25) is 4.90 Å². The monoisotopic (exact) mass is 286 g/mol. The quantitative estimate of drug-likeness (QED) is 0.739.